The van der Waals surface area contributed by atoms with Crippen LogP contribution in [0.5, 0.6) is 0 Å². The number of nitrogens with one attached hydrogen (secondary N) is 3. The van der Waals surface area contributed by atoms with E-state index < -0.39 is 5.91 Å². The van der Waals surface area contributed by atoms with Gasteiger partial charge in [-0.25, -0.2) is 0 Å². The van der Waals surface area contributed by atoms with E-state index in [-0.39, 0.29) is 22.8 Å². The van der Waals surface area contributed by atoms with Crippen molar-refractivity contribution < 1.29 is 14.4 Å². The molecule has 0 saturated heterocycles. The molecule has 0 aliphatic heterocycles. The summed E-state index contributed by atoms with van der Waals surface area (Å²) in [4.78, 5) is 39.8. The Bertz CT molecular complexity index is 1590. The molecule has 8 heteroatoms. The van der Waals surface area contributed by atoms with E-state index in [4.69, 9.17) is 11.6 Å². The fourth-order valence-electron chi connectivity index (χ4n) is 3.91. The molecule has 1 unspecified atom stereocenters. The van der Waals surface area contributed by atoms with E-state index in [1.54, 1.807) is 54.6 Å². The first-order valence-electron chi connectivity index (χ1n) is 13.0. The van der Waals surface area contributed by atoms with E-state index in [2.05, 4.69) is 16.0 Å². The minimum absolute atomic E-state index is 0.115. The molecule has 4 rings (SSSR count). The zero-order valence-electron chi connectivity index (χ0n) is 22.9. The first kappa shape index (κ1) is 29.6. The Balaban J connectivity index is 1.43. The van der Waals surface area contributed by atoms with Crippen molar-refractivity contribution in [3.63, 3.8) is 0 Å². The summed E-state index contributed by atoms with van der Waals surface area (Å²) in [5.41, 5.74) is 4.54. The summed E-state index contributed by atoms with van der Waals surface area (Å²) < 4.78 is 0. The Labute approximate surface area is 249 Å². The average molecular weight is 584 g/mol. The van der Waals surface area contributed by atoms with E-state index in [9.17, 15) is 14.4 Å². The zero-order valence-corrected chi connectivity index (χ0v) is 24.5. The van der Waals surface area contributed by atoms with Gasteiger partial charge in [0.25, 0.3) is 11.8 Å². The maximum absolute atomic E-state index is 13.3. The van der Waals surface area contributed by atoms with Gasteiger partial charge in [-0.3, -0.25) is 14.4 Å². The van der Waals surface area contributed by atoms with Crippen molar-refractivity contribution in [2.75, 3.05) is 10.6 Å². The number of benzene rings is 4. The molecule has 3 N–H and O–H groups in total. The molecule has 6 nitrogen and oxygen atoms in total. The number of hydrogen-bond acceptors (Lipinski definition) is 4. The quantitative estimate of drug-likeness (QED) is 0.141. The molecule has 1 atom stereocenters. The second-order valence-electron chi connectivity index (χ2n) is 9.48. The van der Waals surface area contributed by atoms with Crippen molar-refractivity contribution in [1.29, 1.82) is 0 Å². The van der Waals surface area contributed by atoms with Gasteiger partial charge in [-0.1, -0.05) is 65.7 Å². The summed E-state index contributed by atoms with van der Waals surface area (Å²) in [5.74, 6) is -0.981. The minimum Gasteiger partial charge on any atom is -0.325 e. The van der Waals surface area contributed by atoms with Crippen molar-refractivity contribution in [2.45, 2.75) is 30.9 Å². The number of halogens is 1. The molecule has 0 spiro atoms. The first-order chi connectivity index (χ1) is 19.7. The van der Waals surface area contributed by atoms with Gasteiger partial charge in [0.1, 0.15) is 5.70 Å². The van der Waals surface area contributed by atoms with Gasteiger partial charge in [0.2, 0.25) is 5.91 Å². The van der Waals surface area contributed by atoms with Crippen molar-refractivity contribution in [3.05, 3.63) is 130 Å². The van der Waals surface area contributed by atoms with Crippen LogP contribution in [0.4, 0.5) is 11.4 Å². The van der Waals surface area contributed by atoms with Crippen molar-refractivity contribution in [1.82, 2.24) is 5.32 Å². The molecule has 41 heavy (non-hydrogen) atoms. The van der Waals surface area contributed by atoms with Crippen LogP contribution in [-0.2, 0) is 9.59 Å². The highest BCUT2D eigenvalue weighted by atomic mass is 35.5. The lowest BCUT2D eigenvalue weighted by atomic mass is 10.1. The largest absolute Gasteiger partial charge is 0.325 e. The third-order valence-corrected chi connectivity index (χ3v) is 7.48. The predicted molar refractivity (Wildman–Crippen MR) is 168 cm³/mol. The van der Waals surface area contributed by atoms with Crippen molar-refractivity contribution in [3.8, 4) is 0 Å². The number of carbonyl (C=O) groups excluding carboxylic acids is 3. The van der Waals surface area contributed by atoms with Gasteiger partial charge in [0.05, 0.1) is 5.25 Å². The summed E-state index contributed by atoms with van der Waals surface area (Å²) in [5, 5.41) is 8.73. The molecular formula is C33H30ClN3O3S. The van der Waals surface area contributed by atoms with Gasteiger partial charge in [-0.05, 0) is 86.5 Å². The Hall–Kier alpha value is -4.33. The monoisotopic (exact) mass is 583 g/mol. The number of carbonyl (C=O) groups is 3. The summed E-state index contributed by atoms with van der Waals surface area (Å²) in [6, 6.07) is 28.9. The highest BCUT2D eigenvalue weighted by Gasteiger charge is 2.17. The fourth-order valence-corrected chi connectivity index (χ4v) is 4.94. The van der Waals surface area contributed by atoms with E-state index in [1.807, 2.05) is 69.3 Å². The van der Waals surface area contributed by atoms with Crippen LogP contribution < -0.4 is 16.0 Å². The van der Waals surface area contributed by atoms with Gasteiger partial charge < -0.3 is 16.0 Å². The maximum atomic E-state index is 13.3. The maximum Gasteiger partial charge on any atom is 0.272 e. The van der Waals surface area contributed by atoms with Gasteiger partial charge in [-0.2, -0.15) is 0 Å². The van der Waals surface area contributed by atoms with Crippen LogP contribution in [-0.4, -0.2) is 23.0 Å². The van der Waals surface area contributed by atoms with E-state index in [0.29, 0.717) is 22.0 Å². The van der Waals surface area contributed by atoms with E-state index in [0.717, 1.165) is 21.6 Å². The first-order valence-corrected chi connectivity index (χ1v) is 14.2. The molecule has 0 radical (unpaired) electrons. The Morgan fingerprint density at radius 3 is 2.27 bits per heavy atom. The number of aryl methyl sites for hydroxylation is 2. The zero-order chi connectivity index (χ0) is 29.4. The third-order valence-electron chi connectivity index (χ3n) is 6.13. The second-order valence-corrected chi connectivity index (χ2v) is 11.3. The third kappa shape index (κ3) is 8.58. The topological polar surface area (TPSA) is 87.3 Å². The SMILES string of the molecule is Cc1cccc(/C=C(\NC(=O)c2ccccc2)C(=O)Nc2ccc(SC(C)C(=O)Nc3cc(Cl)ccc3C)cc2)c1. The summed E-state index contributed by atoms with van der Waals surface area (Å²) >= 11 is 7.47. The van der Waals surface area contributed by atoms with Gasteiger partial charge >= 0.3 is 0 Å². The summed E-state index contributed by atoms with van der Waals surface area (Å²) in [7, 11) is 0. The highest BCUT2D eigenvalue weighted by molar-refractivity contribution is 8.00. The number of anilines is 2. The van der Waals surface area contributed by atoms with Gasteiger partial charge in [0.15, 0.2) is 0 Å². The van der Waals surface area contributed by atoms with Crippen LogP contribution in [0.25, 0.3) is 6.08 Å². The summed E-state index contributed by atoms with van der Waals surface area (Å²) in [6.07, 6.45) is 1.65. The molecule has 0 aliphatic carbocycles. The second kappa shape index (κ2) is 13.8. The standard InChI is InChI=1S/C33H30ClN3O3S/c1-21-8-7-9-24(18-21)19-30(37-32(39)25-10-5-4-6-11-25)33(40)35-27-14-16-28(17-15-27)41-23(3)31(38)36-29-20-26(34)13-12-22(29)2/h4-20,23H,1-3H3,(H,35,40)(H,36,38)(H,37,39)/b30-19-. The molecule has 4 aromatic rings. The van der Waals surface area contributed by atoms with Crippen LogP contribution in [0, 0.1) is 13.8 Å². The molecule has 3 amide bonds. The Morgan fingerprint density at radius 1 is 0.829 bits per heavy atom. The number of thioether (sulfide) groups is 1. The predicted octanol–water partition coefficient (Wildman–Crippen LogP) is 7.49. The van der Waals surface area contributed by atoms with Crippen LogP contribution in [0.15, 0.2) is 108 Å². The van der Waals surface area contributed by atoms with E-state index >= 15 is 0 Å². The molecule has 0 aliphatic rings. The fraction of sp³-hybridized carbons (Fsp3) is 0.121. The Morgan fingerprint density at radius 2 is 1.56 bits per heavy atom. The lowest BCUT2D eigenvalue weighted by Gasteiger charge is -2.14. The highest BCUT2D eigenvalue weighted by Crippen LogP contribution is 2.27. The van der Waals surface area contributed by atoms with Crippen LogP contribution in [0.3, 0.4) is 0 Å². The molecule has 4 aromatic carbocycles. The Kier molecular flexibility index (Phi) is 10.0. The van der Waals surface area contributed by atoms with E-state index in [1.165, 1.54) is 11.8 Å². The smallest absolute Gasteiger partial charge is 0.272 e. The molecule has 0 bridgehead atoms. The number of hydrogen-bond donors (Lipinski definition) is 3. The van der Waals surface area contributed by atoms with Crippen molar-refractivity contribution in [2.24, 2.45) is 0 Å². The van der Waals surface area contributed by atoms with Crippen LogP contribution >= 0.6 is 23.4 Å². The lowest BCUT2D eigenvalue weighted by Crippen LogP contribution is -2.30. The molecular weight excluding hydrogens is 554 g/mol. The summed E-state index contributed by atoms with van der Waals surface area (Å²) in [6.45, 7) is 5.70. The van der Waals surface area contributed by atoms with Crippen LogP contribution in [0.1, 0.15) is 34.0 Å². The lowest BCUT2D eigenvalue weighted by molar-refractivity contribution is -0.115. The molecule has 0 heterocycles. The minimum atomic E-state index is -0.458. The van der Waals surface area contributed by atoms with Gasteiger partial charge in [0, 0.05) is 26.9 Å². The average Bonchev–Trinajstić information content (AvgIpc) is 2.96. The van der Waals surface area contributed by atoms with Crippen molar-refractivity contribution >= 4 is 58.5 Å². The molecule has 0 fully saturated rings. The number of amides is 3. The molecule has 208 valence electrons. The number of rotatable bonds is 9. The normalized spacial score (nSPS) is 11.9. The van der Waals surface area contributed by atoms with Gasteiger partial charge in [-0.15, -0.1) is 11.8 Å². The van der Waals surface area contributed by atoms with Crippen LogP contribution in [0.2, 0.25) is 5.02 Å². The molecule has 0 aromatic heterocycles. The molecule has 0 saturated carbocycles.